The molecule has 138 valence electrons. The number of piperidine rings is 1. The Kier molecular flexibility index (Phi) is 7.33. The Bertz CT molecular complexity index is 604. The van der Waals surface area contributed by atoms with Crippen LogP contribution in [0.4, 0.5) is 10.5 Å². The van der Waals surface area contributed by atoms with E-state index in [0.29, 0.717) is 36.2 Å². The summed E-state index contributed by atoms with van der Waals surface area (Å²) >= 11 is 5.95. The number of hydrogen-bond acceptors (Lipinski definition) is 5. The zero-order valence-corrected chi connectivity index (χ0v) is 15.3. The molecule has 0 spiro atoms. The zero-order valence-electron chi connectivity index (χ0n) is 14.5. The van der Waals surface area contributed by atoms with Crippen molar-refractivity contribution < 1.29 is 19.1 Å². The maximum Gasteiger partial charge on any atom is 0.409 e. The van der Waals surface area contributed by atoms with Gasteiger partial charge in [-0.15, -0.1) is 0 Å². The van der Waals surface area contributed by atoms with Crippen LogP contribution in [0.3, 0.4) is 0 Å². The maximum absolute atomic E-state index is 12.1. The molecule has 0 atom stereocenters. The summed E-state index contributed by atoms with van der Waals surface area (Å²) in [6.07, 6.45) is 1.30. The van der Waals surface area contributed by atoms with Gasteiger partial charge in [0, 0.05) is 24.2 Å². The van der Waals surface area contributed by atoms with Crippen LogP contribution in [0.1, 0.15) is 19.8 Å². The lowest BCUT2D eigenvalue weighted by molar-refractivity contribution is -0.115. The molecule has 2 N–H and O–H groups in total. The molecule has 2 amide bonds. The predicted octanol–water partition coefficient (Wildman–Crippen LogP) is 2.50. The second-order valence-corrected chi connectivity index (χ2v) is 6.17. The van der Waals surface area contributed by atoms with Crippen molar-refractivity contribution in [1.29, 1.82) is 0 Å². The second kappa shape index (κ2) is 9.48. The lowest BCUT2D eigenvalue weighted by Gasteiger charge is -2.31. The summed E-state index contributed by atoms with van der Waals surface area (Å²) in [7, 11) is 1.54. The molecule has 1 aromatic rings. The summed E-state index contributed by atoms with van der Waals surface area (Å²) < 4.78 is 10.2. The summed E-state index contributed by atoms with van der Waals surface area (Å²) in [5, 5.41) is 6.53. The number of rotatable bonds is 6. The van der Waals surface area contributed by atoms with E-state index < -0.39 is 0 Å². The highest BCUT2D eigenvalue weighted by atomic mass is 35.5. The molecule has 0 aromatic heterocycles. The van der Waals surface area contributed by atoms with Crippen molar-refractivity contribution in [3.8, 4) is 5.75 Å². The molecule has 0 bridgehead atoms. The number of hydrogen-bond donors (Lipinski definition) is 2. The number of ether oxygens (including phenoxy) is 2. The highest BCUT2D eigenvalue weighted by Gasteiger charge is 2.23. The number of carbonyl (C=O) groups excluding carboxylic acids is 2. The molecule has 0 aliphatic carbocycles. The van der Waals surface area contributed by atoms with Gasteiger partial charge in [-0.05, 0) is 38.0 Å². The average Bonchev–Trinajstić information content (AvgIpc) is 2.61. The van der Waals surface area contributed by atoms with E-state index in [-0.39, 0.29) is 24.6 Å². The van der Waals surface area contributed by atoms with E-state index in [1.165, 1.54) is 7.11 Å². The van der Waals surface area contributed by atoms with Gasteiger partial charge in [-0.2, -0.15) is 0 Å². The van der Waals surface area contributed by atoms with Crippen molar-refractivity contribution in [2.45, 2.75) is 25.8 Å². The molecule has 1 saturated heterocycles. The monoisotopic (exact) mass is 369 g/mol. The summed E-state index contributed by atoms with van der Waals surface area (Å²) in [5.74, 6) is 0.383. The predicted molar refractivity (Wildman–Crippen MR) is 96.3 cm³/mol. The topological polar surface area (TPSA) is 79.9 Å². The Morgan fingerprint density at radius 1 is 1.32 bits per heavy atom. The van der Waals surface area contributed by atoms with Crippen LogP contribution in [-0.4, -0.2) is 56.3 Å². The van der Waals surface area contributed by atoms with Gasteiger partial charge in [-0.3, -0.25) is 4.79 Å². The standard InChI is InChI=1S/C17H24ClN3O4/c1-3-25-17(23)21-8-6-13(7-9-21)19-11-16(22)20-14-10-12(18)4-5-15(14)24-2/h4-5,10,13,19H,3,6-9,11H2,1-2H3,(H,20,22). The van der Waals surface area contributed by atoms with E-state index in [9.17, 15) is 9.59 Å². The molecule has 2 rings (SSSR count). The number of amides is 2. The molecule has 25 heavy (non-hydrogen) atoms. The molecule has 8 heteroatoms. The van der Waals surface area contributed by atoms with Gasteiger partial charge in [-0.1, -0.05) is 11.6 Å². The molecule has 0 unspecified atom stereocenters. The Morgan fingerprint density at radius 3 is 2.68 bits per heavy atom. The number of nitrogens with zero attached hydrogens (tertiary/aromatic N) is 1. The van der Waals surface area contributed by atoms with Crippen LogP contribution in [0.2, 0.25) is 5.02 Å². The summed E-state index contributed by atoms with van der Waals surface area (Å²) in [6.45, 7) is 3.60. The van der Waals surface area contributed by atoms with Gasteiger partial charge < -0.3 is 25.0 Å². The van der Waals surface area contributed by atoms with Crippen LogP contribution in [-0.2, 0) is 9.53 Å². The highest BCUT2D eigenvalue weighted by molar-refractivity contribution is 6.31. The third-order valence-corrected chi connectivity index (χ3v) is 4.24. The lowest BCUT2D eigenvalue weighted by Crippen LogP contribution is -2.46. The van der Waals surface area contributed by atoms with Gasteiger partial charge >= 0.3 is 6.09 Å². The van der Waals surface area contributed by atoms with Crippen molar-refractivity contribution in [1.82, 2.24) is 10.2 Å². The van der Waals surface area contributed by atoms with E-state index in [1.807, 2.05) is 0 Å². The molecular weight excluding hydrogens is 346 g/mol. The van der Waals surface area contributed by atoms with Crippen molar-refractivity contribution in [3.63, 3.8) is 0 Å². The lowest BCUT2D eigenvalue weighted by atomic mass is 10.1. The number of carbonyl (C=O) groups is 2. The van der Waals surface area contributed by atoms with Crippen molar-refractivity contribution >= 4 is 29.3 Å². The Hall–Kier alpha value is -1.99. The summed E-state index contributed by atoms with van der Waals surface area (Å²) in [6, 6.07) is 5.25. The van der Waals surface area contributed by atoms with Crippen LogP contribution < -0.4 is 15.4 Å². The molecule has 1 aromatic carbocycles. The van der Waals surface area contributed by atoms with E-state index in [0.717, 1.165) is 12.8 Å². The maximum atomic E-state index is 12.1. The van der Waals surface area contributed by atoms with E-state index in [4.69, 9.17) is 21.1 Å². The number of benzene rings is 1. The largest absolute Gasteiger partial charge is 0.495 e. The minimum atomic E-state index is -0.272. The van der Waals surface area contributed by atoms with Gasteiger partial charge in [0.15, 0.2) is 0 Å². The Labute approximate surface area is 152 Å². The third-order valence-electron chi connectivity index (χ3n) is 4.01. The minimum absolute atomic E-state index is 0.173. The zero-order chi connectivity index (χ0) is 18.2. The van der Waals surface area contributed by atoms with Crippen LogP contribution in [0.5, 0.6) is 5.75 Å². The van der Waals surface area contributed by atoms with Gasteiger partial charge in [-0.25, -0.2) is 4.79 Å². The number of nitrogens with one attached hydrogen (secondary N) is 2. The van der Waals surface area contributed by atoms with E-state index in [1.54, 1.807) is 30.0 Å². The van der Waals surface area contributed by atoms with Gasteiger partial charge in [0.2, 0.25) is 5.91 Å². The SMILES string of the molecule is CCOC(=O)N1CCC(NCC(=O)Nc2cc(Cl)ccc2OC)CC1. The first-order chi connectivity index (χ1) is 12.0. The highest BCUT2D eigenvalue weighted by Crippen LogP contribution is 2.27. The quantitative estimate of drug-likeness (QED) is 0.805. The van der Waals surface area contributed by atoms with Gasteiger partial charge in [0.05, 0.1) is 25.9 Å². The smallest absolute Gasteiger partial charge is 0.409 e. The number of anilines is 1. The molecule has 0 radical (unpaired) electrons. The first kappa shape index (κ1) is 19.3. The van der Waals surface area contributed by atoms with Crippen LogP contribution in [0, 0.1) is 0 Å². The normalized spacial score (nSPS) is 14.9. The first-order valence-corrected chi connectivity index (χ1v) is 8.69. The summed E-state index contributed by atoms with van der Waals surface area (Å²) in [5.41, 5.74) is 0.541. The third kappa shape index (κ3) is 5.79. The molecular formula is C17H24ClN3O4. The summed E-state index contributed by atoms with van der Waals surface area (Å²) in [4.78, 5) is 25.5. The fourth-order valence-corrected chi connectivity index (χ4v) is 2.86. The van der Waals surface area contributed by atoms with Crippen LogP contribution >= 0.6 is 11.6 Å². The molecule has 0 saturated carbocycles. The molecule has 1 aliphatic heterocycles. The average molecular weight is 370 g/mol. The number of methoxy groups -OCH3 is 1. The Morgan fingerprint density at radius 2 is 2.04 bits per heavy atom. The molecule has 1 aliphatic rings. The minimum Gasteiger partial charge on any atom is -0.495 e. The van der Waals surface area contributed by atoms with Crippen molar-refractivity contribution in [2.24, 2.45) is 0 Å². The van der Waals surface area contributed by atoms with Crippen LogP contribution in [0.25, 0.3) is 0 Å². The van der Waals surface area contributed by atoms with E-state index >= 15 is 0 Å². The van der Waals surface area contributed by atoms with Gasteiger partial charge in [0.1, 0.15) is 5.75 Å². The number of halogens is 1. The van der Waals surface area contributed by atoms with Crippen molar-refractivity contribution in [3.05, 3.63) is 23.2 Å². The number of likely N-dealkylation sites (tertiary alicyclic amines) is 1. The Balaban J connectivity index is 1.76. The van der Waals surface area contributed by atoms with Crippen LogP contribution in [0.15, 0.2) is 18.2 Å². The molecule has 1 fully saturated rings. The van der Waals surface area contributed by atoms with Gasteiger partial charge in [0.25, 0.3) is 0 Å². The molecule has 1 heterocycles. The second-order valence-electron chi connectivity index (χ2n) is 5.73. The fourth-order valence-electron chi connectivity index (χ4n) is 2.69. The van der Waals surface area contributed by atoms with E-state index in [2.05, 4.69) is 10.6 Å². The molecule has 7 nitrogen and oxygen atoms in total. The first-order valence-electron chi connectivity index (χ1n) is 8.32. The fraction of sp³-hybridized carbons (Fsp3) is 0.529. The van der Waals surface area contributed by atoms with Crippen molar-refractivity contribution in [2.75, 3.05) is 38.7 Å².